The van der Waals surface area contributed by atoms with Crippen LogP contribution >= 0.6 is 0 Å². The van der Waals surface area contributed by atoms with Gasteiger partial charge in [0.15, 0.2) is 0 Å². The SMILES string of the molecule is Cc1cccc(-c2cccc(C#N)c2)c1F. The first-order valence-electron chi connectivity index (χ1n) is 4.98. The normalized spacial score (nSPS) is 9.81. The molecule has 0 unspecified atom stereocenters. The Morgan fingerprint density at radius 3 is 2.62 bits per heavy atom. The minimum Gasteiger partial charge on any atom is -0.206 e. The van der Waals surface area contributed by atoms with Crippen molar-refractivity contribution in [2.24, 2.45) is 0 Å². The lowest BCUT2D eigenvalue weighted by molar-refractivity contribution is 0.622. The van der Waals surface area contributed by atoms with Crippen LogP contribution in [0.25, 0.3) is 11.1 Å². The Morgan fingerprint density at radius 1 is 1.12 bits per heavy atom. The highest BCUT2D eigenvalue weighted by atomic mass is 19.1. The highest BCUT2D eigenvalue weighted by Gasteiger charge is 2.07. The molecule has 0 atom stereocenters. The lowest BCUT2D eigenvalue weighted by Crippen LogP contribution is -1.88. The third kappa shape index (κ3) is 1.80. The van der Waals surface area contributed by atoms with E-state index in [4.69, 9.17) is 5.26 Å². The summed E-state index contributed by atoms with van der Waals surface area (Å²) in [4.78, 5) is 0. The molecular weight excluding hydrogens is 201 g/mol. The molecule has 2 aromatic carbocycles. The van der Waals surface area contributed by atoms with Gasteiger partial charge in [0.25, 0.3) is 0 Å². The first kappa shape index (κ1) is 10.4. The van der Waals surface area contributed by atoms with Crippen LogP contribution in [0.15, 0.2) is 42.5 Å². The maximum absolute atomic E-state index is 13.8. The van der Waals surface area contributed by atoms with E-state index in [-0.39, 0.29) is 5.82 Å². The highest BCUT2D eigenvalue weighted by molar-refractivity contribution is 5.66. The lowest BCUT2D eigenvalue weighted by Gasteiger charge is -2.05. The summed E-state index contributed by atoms with van der Waals surface area (Å²) in [6, 6.07) is 14.3. The molecule has 0 bridgehead atoms. The average molecular weight is 211 g/mol. The monoisotopic (exact) mass is 211 g/mol. The van der Waals surface area contributed by atoms with Crippen LogP contribution in [0.3, 0.4) is 0 Å². The van der Waals surface area contributed by atoms with Crippen LogP contribution < -0.4 is 0 Å². The fourth-order valence-corrected chi connectivity index (χ4v) is 1.63. The second-order valence-corrected chi connectivity index (χ2v) is 3.63. The molecule has 2 aromatic rings. The van der Waals surface area contributed by atoms with E-state index in [1.165, 1.54) is 0 Å². The summed E-state index contributed by atoms with van der Waals surface area (Å²) in [5, 5.41) is 8.79. The van der Waals surface area contributed by atoms with Crippen molar-refractivity contribution in [2.45, 2.75) is 6.92 Å². The van der Waals surface area contributed by atoms with E-state index >= 15 is 0 Å². The Morgan fingerprint density at radius 2 is 1.88 bits per heavy atom. The van der Waals surface area contributed by atoms with Crippen LogP contribution in [0.5, 0.6) is 0 Å². The van der Waals surface area contributed by atoms with Crippen molar-refractivity contribution in [3.8, 4) is 17.2 Å². The molecule has 1 nitrogen and oxygen atoms in total. The van der Waals surface area contributed by atoms with Gasteiger partial charge in [-0.2, -0.15) is 5.26 Å². The summed E-state index contributed by atoms with van der Waals surface area (Å²) in [6.45, 7) is 1.73. The van der Waals surface area contributed by atoms with Gasteiger partial charge >= 0.3 is 0 Å². The summed E-state index contributed by atoms with van der Waals surface area (Å²) >= 11 is 0. The van der Waals surface area contributed by atoms with Crippen molar-refractivity contribution in [2.75, 3.05) is 0 Å². The van der Waals surface area contributed by atoms with Gasteiger partial charge in [-0.3, -0.25) is 0 Å². The van der Waals surface area contributed by atoms with E-state index in [9.17, 15) is 4.39 Å². The van der Waals surface area contributed by atoms with Crippen LogP contribution in [0.2, 0.25) is 0 Å². The molecule has 78 valence electrons. The third-order valence-electron chi connectivity index (χ3n) is 2.49. The van der Waals surface area contributed by atoms with Gasteiger partial charge in [0.05, 0.1) is 11.6 Å². The number of hydrogen-bond acceptors (Lipinski definition) is 1. The quantitative estimate of drug-likeness (QED) is 0.706. The summed E-state index contributed by atoms with van der Waals surface area (Å²) in [5.41, 5.74) is 2.43. The van der Waals surface area contributed by atoms with Gasteiger partial charge in [-0.1, -0.05) is 30.3 Å². The molecule has 16 heavy (non-hydrogen) atoms. The van der Waals surface area contributed by atoms with Crippen molar-refractivity contribution >= 4 is 0 Å². The Labute approximate surface area is 93.8 Å². The second kappa shape index (κ2) is 4.16. The van der Waals surface area contributed by atoms with Crippen molar-refractivity contribution in [1.82, 2.24) is 0 Å². The van der Waals surface area contributed by atoms with Gasteiger partial charge in [0.2, 0.25) is 0 Å². The van der Waals surface area contributed by atoms with E-state index in [1.54, 1.807) is 43.3 Å². The molecule has 0 N–H and O–H groups in total. The van der Waals surface area contributed by atoms with Crippen LogP contribution in [0.4, 0.5) is 4.39 Å². The number of aryl methyl sites for hydroxylation is 1. The smallest absolute Gasteiger partial charge is 0.133 e. The van der Waals surface area contributed by atoms with Gasteiger partial charge in [0.1, 0.15) is 5.82 Å². The summed E-state index contributed by atoms with van der Waals surface area (Å²) in [5.74, 6) is -0.224. The molecule has 0 aliphatic rings. The van der Waals surface area contributed by atoms with E-state index in [0.717, 1.165) is 5.56 Å². The van der Waals surface area contributed by atoms with Crippen LogP contribution in [-0.4, -0.2) is 0 Å². The Hall–Kier alpha value is -2.14. The number of hydrogen-bond donors (Lipinski definition) is 0. The standard InChI is InChI=1S/C14H10FN/c1-10-4-2-7-13(14(10)15)12-6-3-5-11(8-12)9-16/h2-8H,1H3. The predicted octanol–water partition coefficient (Wildman–Crippen LogP) is 3.67. The molecule has 0 aromatic heterocycles. The summed E-state index contributed by atoms with van der Waals surface area (Å²) in [7, 11) is 0. The maximum atomic E-state index is 13.8. The number of nitriles is 1. The lowest BCUT2D eigenvalue weighted by atomic mass is 10.0. The molecule has 0 saturated carbocycles. The highest BCUT2D eigenvalue weighted by Crippen LogP contribution is 2.25. The van der Waals surface area contributed by atoms with E-state index in [0.29, 0.717) is 16.7 Å². The summed E-state index contributed by atoms with van der Waals surface area (Å²) in [6.07, 6.45) is 0. The topological polar surface area (TPSA) is 23.8 Å². The molecule has 0 fully saturated rings. The van der Waals surface area contributed by atoms with Crippen molar-refractivity contribution in [3.63, 3.8) is 0 Å². The number of halogens is 1. The van der Waals surface area contributed by atoms with Gasteiger partial charge in [-0.15, -0.1) is 0 Å². The Balaban J connectivity index is 2.59. The number of benzene rings is 2. The molecule has 0 spiro atoms. The fraction of sp³-hybridized carbons (Fsp3) is 0.0714. The third-order valence-corrected chi connectivity index (χ3v) is 2.49. The van der Waals surface area contributed by atoms with Crippen LogP contribution in [0, 0.1) is 24.1 Å². The second-order valence-electron chi connectivity index (χ2n) is 3.63. The Bertz CT molecular complexity index is 567. The van der Waals surface area contributed by atoms with Crippen LogP contribution in [0.1, 0.15) is 11.1 Å². The number of nitrogens with zero attached hydrogens (tertiary/aromatic N) is 1. The van der Waals surface area contributed by atoms with Crippen LogP contribution in [-0.2, 0) is 0 Å². The summed E-state index contributed by atoms with van der Waals surface area (Å²) < 4.78 is 13.8. The zero-order chi connectivity index (χ0) is 11.5. The number of rotatable bonds is 1. The zero-order valence-corrected chi connectivity index (χ0v) is 8.87. The first-order chi connectivity index (χ1) is 7.72. The minimum atomic E-state index is -0.224. The average Bonchev–Trinajstić information content (AvgIpc) is 2.33. The molecule has 0 amide bonds. The van der Waals surface area contributed by atoms with E-state index in [2.05, 4.69) is 0 Å². The molecule has 2 heteroatoms. The molecule has 0 heterocycles. The molecular formula is C14H10FN. The van der Waals surface area contributed by atoms with Crippen molar-refractivity contribution < 1.29 is 4.39 Å². The fourth-order valence-electron chi connectivity index (χ4n) is 1.63. The minimum absolute atomic E-state index is 0.224. The van der Waals surface area contributed by atoms with Gasteiger partial charge in [0, 0.05) is 5.56 Å². The van der Waals surface area contributed by atoms with Crippen molar-refractivity contribution in [3.05, 3.63) is 59.4 Å². The van der Waals surface area contributed by atoms with Gasteiger partial charge in [-0.25, -0.2) is 4.39 Å². The van der Waals surface area contributed by atoms with Gasteiger partial charge < -0.3 is 0 Å². The largest absolute Gasteiger partial charge is 0.206 e. The Kier molecular flexibility index (Phi) is 2.70. The first-order valence-corrected chi connectivity index (χ1v) is 4.98. The van der Waals surface area contributed by atoms with Gasteiger partial charge in [-0.05, 0) is 30.2 Å². The molecule has 0 saturated heterocycles. The van der Waals surface area contributed by atoms with E-state index < -0.39 is 0 Å². The molecule has 0 radical (unpaired) electrons. The van der Waals surface area contributed by atoms with E-state index in [1.807, 2.05) is 12.1 Å². The zero-order valence-electron chi connectivity index (χ0n) is 8.87. The molecule has 2 rings (SSSR count). The predicted molar refractivity (Wildman–Crippen MR) is 61.3 cm³/mol. The molecule has 0 aliphatic carbocycles. The maximum Gasteiger partial charge on any atom is 0.133 e. The van der Waals surface area contributed by atoms with Crippen molar-refractivity contribution in [1.29, 1.82) is 5.26 Å². The molecule has 0 aliphatic heterocycles.